The fraction of sp³-hybridized carbons (Fsp3) is 0.571. The molecule has 1 N–H and O–H groups in total. The molecule has 94 valence electrons. The molecule has 0 spiro atoms. The molecular weight excluding hydrogens is 323 g/mol. The third kappa shape index (κ3) is 3.85. The first-order valence-corrected chi connectivity index (χ1v) is 7.44. The molecular formula is C14H21IN2. The molecule has 0 radical (unpaired) electrons. The second-order valence-corrected chi connectivity index (χ2v) is 6.28. The van der Waals surface area contributed by atoms with Gasteiger partial charge in [0.1, 0.15) is 0 Å². The summed E-state index contributed by atoms with van der Waals surface area (Å²) in [5.41, 5.74) is 2.66. The number of nitrogens with one attached hydrogen (secondary N) is 1. The number of likely N-dealkylation sites (tertiary alicyclic amines) is 1. The molecule has 1 unspecified atom stereocenters. The number of anilines is 1. The SMILES string of the molecule is Cc1cc(I)ccc1NC1CCCN(C)CC1. The quantitative estimate of drug-likeness (QED) is 0.827. The van der Waals surface area contributed by atoms with Gasteiger partial charge in [-0.05, 0) is 92.7 Å². The average molecular weight is 344 g/mol. The predicted molar refractivity (Wildman–Crippen MR) is 82.7 cm³/mol. The van der Waals surface area contributed by atoms with Crippen molar-refractivity contribution in [2.75, 3.05) is 25.5 Å². The lowest BCUT2D eigenvalue weighted by Crippen LogP contribution is -2.23. The van der Waals surface area contributed by atoms with Gasteiger partial charge in [-0.25, -0.2) is 0 Å². The Bertz CT molecular complexity index is 378. The van der Waals surface area contributed by atoms with Crippen molar-refractivity contribution in [1.29, 1.82) is 0 Å². The maximum atomic E-state index is 3.71. The molecule has 1 fully saturated rings. The minimum absolute atomic E-state index is 0.638. The van der Waals surface area contributed by atoms with E-state index in [1.165, 1.54) is 47.2 Å². The van der Waals surface area contributed by atoms with E-state index in [4.69, 9.17) is 0 Å². The summed E-state index contributed by atoms with van der Waals surface area (Å²) < 4.78 is 1.31. The molecule has 0 amide bonds. The molecule has 1 saturated heterocycles. The molecule has 0 saturated carbocycles. The van der Waals surface area contributed by atoms with Gasteiger partial charge in [-0.15, -0.1) is 0 Å². The molecule has 1 aromatic carbocycles. The summed E-state index contributed by atoms with van der Waals surface area (Å²) in [6.07, 6.45) is 3.84. The number of halogens is 1. The Morgan fingerprint density at radius 3 is 2.88 bits per heavy atom. The fourth-order valence-corrected chi connectivity index (χ4v) is 3.04. The van der Waals surface area contributed by atoms with Gasteiger partial charge in [0.05, 0.1) is 0 Å². The van der Waals surface area contributed by atoms with E-state index >= 15 is 0 Å². The molecule has 2 nitrogen and oxygen atoms in total. The van der Waals surface area contributed by atoms with Crippen molar-refractivity contribution in [3.63, 3.8) is 0 Å². The molecule has 1 aliphatic heterocycles. The Morgan fingerprint density at radius 1 is 1.29 bits per heavy atom. The van der Waals surface area contributed by atoms with Gasteiger partial charge in [-0.3, -0.25) is 0 Å². The smallest absolute Gasteiger partial charge is 0.0372 e. The molecule has 17 heavy (non-hydrogen) atoms. The van der Waals surface area contributed by atoms with E-state index < -0.39 is 0 Å². The number of aryl methyl sites for hydroxylation is 1. The van der Waals surface area contributed by atoms with Crippen molar-refractivity contribution < 1.29 is 0 Å². The van der Waals surface area contributed by atoms with Crippen molar-refractivity contribution in [2.45, 2.75) is 32.2 Å². The van der Waals surface area contributed by atoms with E-state index in [0.717, 1.165) is 0 Å². The van der Waals surface area contributed by atoms with Crippen LogP contribution in [-0.2, 0) is 0 Å². The van der Waals surface area contributed by atoms with E-state index in [2.05, 4.69) is 65.0 Å². The van der Waals surface area contributed by atoms with Crippen LogP contribution in [0.1, 0.15) is 24.8 Å². The predicted octanol–water partition coefficient (Wildman–Crippen LogP) is 3.50. The van der Waals surface area contributed by atoms with E-state index in [9.17, 15) is 0 Å². The summed E-state index contributed by atoms with van der Waals surface area (Å²) in [5, 5.41) is 3.71. The lowest BCUT2D eigenvalue weighted by molar-refractivity contribution is 0.348. The second kappa shape index (κ2) is 6.05. The highest BCUT2D eigenvalue weighted by molar-refractivity contribution is 14.1. The van der Waals surface area contributed by atoms with Crippen LogP contribution in [-0.4, -0.2) is 31.1 Å². The Hall–Kier alpha value is -0.290. The Kier molecular flexibility index (Phi) is 4.68. The largest absolute Gasteiger partial charge is 0.382 e. The minimum Gasteiger partial charge on any atom is -0.382 e. The normalized spacial score (nSPS) is 22.2. The van der Waals surface area contributed by atoms with Gasteiger partial charge < -0.3 is 10.2 Å². The molecule has 1 atom stereocenters. The Balaban J connectivity index is 2.00. The highest BCUT2D eigenvalue weighted by atomic mass is 127. The summed E-state index contributed by atoms with van der Waals surface area (Å²) in [5.74, 6) is 0. The lowest BCUT2D eigenvalue weighted by Gasteiger charge is -2.19. The zero-order chi connectivity index (χ0) is 12.3. The number of hydrogen-bond acceptors (Lipinski definition) is 2. The maximum Gasteiger partial charge on any atom is 0.0372 e. The van der Waals surface area contributed by atoms with Crippen LogP contribution in [0.5, 0.6) is 0 Å². The average Bonchev–Trinajstić information content (AvgIpc) is 2.48. The Morgan fingerprint density at radius 2 is 2.12 bits per heavy atom. The monoisotopic (exact) mass is 344 g/mol. The van der Waals surface area contributed by atoms with Gasteiger partial charge in [0.2, 0.25) is 0 Å². The summed E-state index contributed by atoms with van der Waals surface area (Å²) in [7, 11) is 2.22. The third-order valence-electron chi connectivity index (χ3n) is 3.50. The van der Waals surface area contributed by atoms with Crippen LogP contribution in [0, 0.1) is 10.5 Å². The molecule has 3 heteroatoms. The topological polar surface area (TPSA) is 15.3 Å². The highest BCUT2D eigenvalue weighted by Crippen LogP contribution is 2.21. The number of rotatable bonds is 2. The fourth-order valence-electron chi connectivity index (χ4n) is 2.39. The first kappa shape index (κ1) is 13.1. The van der Waals surface area contributed by atoms with Gasteiger partial charge in [0, 0.05) is 15.3 Å². The van der Waals surface area contributed by atoms with E-state index in [1.807, 2.05) is 0 Å². The summed E-state index contributed by atoms with van der Waals surface area (Å²) in [4.78, 5) is 2.43. The van der Waals surface area contributed by atoms with Gasteiger partial charge in [0.15, 0.2) is 0 Å². The highest BCUT2D eigenvalue weighted by Gasteiger charge is 2.14. The van der Waals surface area contributed by atoms with Crippen LogP contribution in [0.3, 0.4) is 0 Å². The van der Waals surface area contributed by atoms with Crippen LogP contribution >= 0.6 is 22.6 Å². The van der Waals surface area contributed by atoms with Crippen LogP contribution < -0.4 is 5.32 Å². The second-order valence-electron chi connectivity index (χ2n) is 5.03. The summed E-state index contributed by atoms with van der Waals surface area (Å²) in [6, 6.07) is 7.27. The van der Waals surface area contributed by atoms with E-state index in [1.54, 1.807) is 0 Å². The zero-order valence-electron chi connectivity index (χ0n) is 10.7. The molecule has 1 aliphatic rings. The van der Waals surface area contributed by atoms with Crippen LogP contribution in [0.25, 0.3) is 0 Å². The zero-order valence-corrected chi connectivity index (χ0v) is 12.8. The molecule has 1 aromatic rings. The van der Waals surface area contributed by atoms with Gasteiger partial charge in [-0.1, -0.05) is 0 Å². The first-order valence-electron chi connectivity index (χ1n) is 6.36. The number of benzene rings is 1. The third-order valence-corrected chi connectivity index (χ3v) is 4.17. The first-order chi connectivity index (χ1) is 8.15. The van der Waals surface area contributed by atoms with E-state index in [0.29, 0.717) is 6.04 Å². The van der Waals surface area contributed by atoms with Gasteiger partial charge >= 0.3 is 0 Å². The molecule has 1 heterocycles. The standard InChI is InChI=1S/C14H21IN2/c1-11-10-12(15)5-6-14(11)16-13-4-3-8-17(2)9-7-13/h5-6,10,13,16H,3-4,7-9H2,1-2H3. The molecule has 0 aliphatic carbocycles. The minimum atomic E-state index is 0.638. The van der Waals surface area contributed by atoms with Crippen molar-refractivity contribution in [3.05, 3.63) is 27.3 Å². The maximum absolute atomic E-state index is 3.71. The van der Waals surface area contributed by atoms with Crippen molar-refractivity contribution in [3.8, 4) is 0 Å². The summed E-state index contributed by atoms with van der Waals surface area (Å²) in [6.45, 7) is 4.64. The summed E-state index contributed by atoms with van der Waals surface area (Å²) >= 11 is 2.37. The van der Waals surface area contributed by atoms with Crippen molar-refractivity contribution in [2.24, 2.45) is 0 Å². The van der Waals surface area contributed by atoms with Crippen molar-refractivity contribution in [1.82, 2.24) is 4.90 Å². The van der Waals surface area contributed by atoms with Crippen LogP contribution in [0.4, 0.5) is 5.69 Å². The van der Waals surface area contributed by atoms with Gasteiger partial charge in [-0.2, -0.15) is 0 Å². The molecule has 0 bridgehead atoms. The van der Waals surface area contributed by atoms with Crippen LogP contribution in [0.2, 0.25) is 0 Å². The van der Waals surface area contributed by atoms with Crippen LogP contribution in [0.15, 0.2) is 18.2 Å². The van der Waals surface area contributed by atoms with Crippen molar-refractivity contribution >= 4 is 28.3 Å². The molecule has 0 aromatic heterocycles. The Labute approximate surface area is 118 Å². The van der Waals surface area contributed by atoms with Gasteiger partial charge in [0.25, 0.3) is 0 Å². The molecule has 2 rings (SSSR count). The number of nitrogens with zero attached hydrogens (tertiary/aromatic N) is 1. The van der Waals surface area contributed by atoms with E-state index in [-0.39, 0.29) is 0 Å². The lowest BCUT2D eigenvalue weighted by atomic mass is 10.1. The number of hydrogen-bond donors (Lipinski definition) is 1.